The van der Waals surface area contributed by atoms with E-state index in [4.69, 9.17) is 5.73 Å². The Labute approximate surface area is 92.5 Å². The van der Waals surface area contributed by atoms with Crippen molar-refractivity contribution < 1.29 is 0 Å². The van der Waals surface area contributed by atoms with Gasteiger partial charge in [0.25, 0.3) is 0 Å². The van der Waals surface area contributed by atoms with Crippen LogP contribution in [0, 0.1) is 5.41 Å². The molecule has 0 saturated carbocycles. The number of nitrogens with two attached hydrogens (primary N) is 1. The van der Waals surface area contributed by atoms with E-state index in [-0.39, 0.29) is 0 Å². The standard InChI is InChI=1S/C12H23NS/c1-4-14-6-5-10-7-11(13)9-12(2,3)8-10/h7,11H,4-6,8-9,13H2,1-3H3. The predicted molar refractivity (Wildman–Crippen MR) is 66.7 cm³/mol. The van der Waals surface area contributed by atoms with E-state index in [1.165, 1.54) is 24.3 Å². The van der Waals surface area contributed by atoms with Crippen LogP contribution in [0.1, 0.15) is 40.0 Å². The molecular formula is C12H23NS. The molecule has 0 aromatic heterocycles. The highest BCUT2D eigenvalue weighted by atomic mass is 32.2. The van der Waals surface area contributed by atoms with Gasteiger partial charge in [0.15, 0.2) is 0 Å². The highest BCUT2D eigenvalue weighted by molar-refractivity contribution is 7.99. The molecular weight excluding hydrogens is 190 g/mol. The van der Waals surface area contributed by atoms with E-state index in [2.05, 4.69) is 26.8 Å². The molecule has 0 amide bonds. The van der Waals surface area contributed by atoms with Crippen LogP contribution >= 0.6 is 11.8 Å². The first-order chi connectivity index (χ1) is 6.53. The summed E-state index contributed by atoms with van der Waals surface area (Å²) in [6, 6.07) is 0.292. The van der Waals surface area contributed by atoms with Gasteiger partial charge in [-0.3, -0.25) is 0 Å². The first-order valence-corrected chi connectivity index (χ1v) is 6.72. The van der Waals surface area contributed by atoms with Gasteiger partial charge in [-0.25, -0.2) is 0 Å². The van der Waals surface area contributed by atoms with Crippen molar-refractivity contribution in [1.29, 1.82) is 0 Å². The van der Waals surface area contributed by atoms with Crippen LogP contribution in [0.2, 0.25) is 0 Å². The summed E-state index contributed by atoms with van der Waals surface area (Å²) in [6.07, 6.45) is 5.90. The van der Waals surface area contributed by atoms with Crippen LogP contribution in [0.15, 0.2) is 11.6 Å². The summed E-state index contributed by atoms with van der Waals surface area (Å²) >= 11 is 2.02. The molecule has 14 heavy (non-hydrogen) atoms. The molecule has 0 aromatic carbocycles. The predicted octanol–water partition coefficient (Wildman–Crippen LogP) is 3.20. The lowest BCUT2D eigenvalue weighted by molar-refractivity contribution is 0.299. The van der Waals surface area contributed by atoms with Crippen LogP contribution in [0.25, 0.3) is 0 Å². The zero-order chi connectivity index (χ0) is 10.6. The topological polar surface area (TPSA) is 26.0 Å². The van der Waals surface area contributed by atoms with Gasteiger partial charge >= 0.3 is 0 Å². The quantitative estimate of drug-likeness (QED) is 0.573. The van der Waals surface area contributed by atoms with Crippen molar-refractivity contribution in [3.63, 3.8) is 0 Å². The maximum atomic E-state index is 6.02. The van der Waals surface area contributed by atoms with Gasteiger partial charge in [-0.2, -0.15) is 11.8 Å². The Morgan fingerprint density at radius 2 is 2.29 bits per heavy atom. The van der Waals surface area contributed by atoms with Crippen molar-refractivity contribution in [2.45, 2.75) is 46.1 Å². The fourth-order valence-electron chi connectivity index (χ4n) is 2.26. The third kappa shape index (κ3) is 4.05. The van der Waals surface area contributed by atoms with E-state index in [0.717, 1.165) is 6.42 Å². The van der Waals surface area contributed by atoms with Crippen molar-refractivity contribution in [1.82, 2.24) is 0 Å². The highest BCUT2D eigenvalue weighted by Crippen LogP contribution is 2.36. The highest BCUT2D eigenvalue weighted by Gasteiger charge is 2.26. The smallest absolute Gasteiger partial charge is 0.0231 e. The first-order valence-electron chi connectivity index (χ1n) is 5.56. The molecule has 1 atom stereocenters. The van der Waals surface area contributed by atoms with Crippen LogP contribution in [-0.4, -0.2) is 17.5 Å². The minimum atomic E-state index is 0.292. The van der Waals surface area contributed by atoms with E-state index in [9.17, 15) is 0 Å². The molecule has 0 heterocycles. The average Bonchev–Trinajstić information content (AvgIpc) is 2.00. The van der Waals surface area contributed by atoms with Crippen molar-refractivity contribution in [3.05, 3.63) is 11.6 Å². The number of allylic oxidation sites excluding steroid dienone is 1. The van der Waals surface area contributed by atoms with Crippen LogP contribution < -0.4 is 5.73 Å². The molecule has 2 N–H and O–H groups in total. The van der Waals surface area contributed by atoms with Crippen LogP contribution in [0.4, 0.5) is 0 Å². The summed E-state index contributed by atoms with van der Waals surface area (Å²) < 4.78 is 0. The molecule has 1 aliphatic carbocycles. The molecule has 0 fully saturated rings. The van der Waals surface area contributed by atoms with Crippen molar-refractivity contribution >= 4 is 11.8 Å². The fraction of sp³-hybridized carbons (Fsp3) is 0.833. The molecule has 1 rings (SSSR count). The molecule has 0 aliphatic heterocycles. The Kier molecular flexibility index (Phi) is 4.52. The van der Waals surface area contributed by atoms with E-state index >= 15 is 0 Å². The third-order valence-electron chi connectivity index (χ3n) is 2.72. The monoisotopic (exact) mass is 213 g/mol. The fourth-order valence-corrected chi connectivity index (χ4v) is 2.96. The number of rotatable bonds is 4. The van der Waals surface area contributed by atoms with E-state index in [0.29, 0.717) is 11.5 Å². The van der Waals surface area contributed by atoms with Gasteiger partial charge in [0.1, 0.15) is 0 Å². The minimum Gasteiger partial charge on any atom is -0.324 e. The molecule has 1 nitrogen and oxygen atoms in total. The zero-order valence-corrected chi connectivity index (χ0v) is 10.5. The minimum absolute atomic E-state index is 0.292. The van der Waals surface area contributed by atoms with Crippen LogP contribution in [-0.2, 0) is 0 Å². The second-order valence-electron chi connectivity index (χ2n) is 4.98. The summed E-state index contributed by atoms with van der Waals surface area (Å²) in [7, 11) is 0. The zero-order valence-electron chi connectivity index (χ0n) is 9.68. The lowest BCUT2D eigenvalue weighted by Gasteiger charge is -2.33. The number of thioether (sulfide) groups is 1. The molecule has 1 unspecified atom stereocenters. The van der Waals surface area contributed by atoms with Crippen LogP contribution in [0.3, 0.4) is 0 Å². The second kappa shape index (κ2) is 5.22. The molecule has 0 aromatic rings. The Morgan fingerprint density at radius 1 is 1.57 bits per heavy atom. The van der Waals surface area contributed by atoms with Gasteiger partial charge in [-0.1, -0.05) is 32.4 Å². The van der Waals surface area contributed by atoms with Crippen molar-refractivity contribution in [2.75, 3.05) is 11.5 Å². The Bertz CT molecular complexity index is 208. The van der Waals surface area contributed by atoms with Gasteiger partial charge in [-0.05, 0) is 36.2 Å². The molecule has 1 aliphatic rings. The van der Waals surface area contributed by atoms with Gasteiger partial charge < -0.3 is 5.73 Å². The lowest BCUT2D eigenvalue weighted by Crippen LogP contribution is -2.31. The maximum absolute atomic E-state index is 6.02. The summed E-state index contributed by atoms with van der Waals surface area (Å²) in [4.78, 5) is 0. The Balaban J connectivity index is 2.43. The SMILES string of the molecule is CCSCCC1=CC(N)CC(C)(C)C1. The summed E-state index contributed by atoms with van der Waals surface area (Å²) in [5.74, 6) is 2.48. The van der Waals surface area contributed by atoms with Gasteiger partial charge in [0.2, 0.25) is 0 Å². The van der Waals surface area contributed by atoms with E-state index in [1.54, 1.807) is 5.57 Å². The van der Waals surface area contributed by atoms with E-state index < -0.39 is 0 Å². The second-order valence-corrected chi connectivity index (χ2v) is 6.37. The van der Waals surface area contributed by atoms with Crippen LogP contribution in [0.5, 0.6) is 0 Å². The first kappa shape index (κ1) is 12.1. The molecule has 0 saturated heterocycles. The average molecular weight is 213 g/mol. The van der Waals surface area contributed by atoms with Gasteiger partial charge in [0, 0.05) is 6.04 Å². The molecule has 2 heteroatoms. The Morgan fingerprint density at radius 3 is 2.86 bits per heavy atom. The normalized spacial score (nSPS) is 26.0. The van der Waals surface area contributed by atoms with E-state index in [1.807, 2.05) is 11.8 Å². The summed E-state index contributed by atoms with van der Waals surface area (Å²) in [5.41, 5.74) is 8.02. The summed E-state index contributed by atoms with van der Waals surface area (Å²) in [5, 5.41) is 0. The van der Waals surface area contributed by atoms with Gasteiger partial charge in [-0.15, -0.1) is 0 Å². The molecule has 0 bridgehead atoms. The largest absolute Gasteiger partial charge is 0.324 e. The number of hydrogen-bond donors (Lipinski definition) is 1. The van der Waals surface area contributed by atoms with Gasteiger partial charge in [0.05, 0.1) is 0 Å². The lowest BCUT2D eigenvalue weighted by atomic mass is 9.75. The molecule has 82 valence electrons. The third-order valence-corrected chi connectivity index (χ3v) is 3.62. The Hall–Kier alpha value is 0.0500. The van der Waals surface area contributed by atoms with Crippen molar-refractivity contribution in [2.24, 2.45) is 11.1 Å². The number of hydrogen-bond acceptors (Lipinski definition) is 2. The molecule has 0 spiro atoms. The maximum Gasteiger partial charge on any atom is 0.0231 e. The van der Waals surface area contributed by atoms with Crippen molar-refractivity contribution in [3.8, 4) is 0 Å². The molecule has 0 radical (unpaired) electrons. The summed E-state index contributed by atoms with van der Waals surface area (Å²) in [6.45, 7) is 6.87.